The summed E-state index contributed by atoms with van der Waals surface area (Å²) in [5.41, 5.74) is 2.83. The average Bonchev–Trinajstić information content (AvgIpc) is 3.20. The predicted molar refractivity (Wildman–Crippen MR) is 132 cm³/mol. The number of hydrogen-bond acceptors (Lipinski definition) is 5. The summed E-state index contributed by atoms with van der Waals surface area (Å²) < 4.78 is 15.4. The van der Waals surface area contributed by atoms with E-state index in [4.69, 9.17) is 0 Å². The number of hydrogen-bond donors (Lipinski definition) is 2. The number of benzene rings is 2. The van der Waals surface area contributed by atoms with Gasteiger partial charge in [-0.2, -0.15) is 0 Å². The molecule has 9 heteroatoms. The molecule has 1 atom stereocenters. The summed E-state index contributed by atoms with van der Waals surface area (Å²) in [5, 5.41) is 15.0. The Morgan fingerprint density at radius 3 is 2.56 bits per heavy atom. The molecule has 1 aromatic heterocycles. The van der Waals surface area contributed by atoms with E-state index < -0.39 is 5.82 Å². The zero-order chi connectivity index (χ0) is 24.8. The van der Waals surface area contributed by atoms with Gasteiger partial charge in [0.1, 0.15) is 5.82 Å². The lowest BCUT2D eigenvalue weighted by atomic mass is 10.0. The van der Waals surface area contributed by atoms with E-state index in [2.05, 4.69) is 20.8 Å². The summed E-state index contributed by atoms with van der Waals surface area (Å²) >= 11 is 1.25. The van der Waals surface area contributed by atoms with E-state index in [1.807, 2.05) is 50.5 Å². The van der Waals surface area contributed by atoms with Crippen molar-refractivity contribution in [3.8, 4) is 0 Å². The van der Waals surface area contributed by atoms with Crippen LogP contribution in [-0.4, -0.2) is 32.3 Å². The minimum absolute atomic E-state index is 0.0698. The number of nitrogens with zero attached hydrogens (tertiary/aromatic N) is 3. The molecule has 2 amide bonds. The SMILES string of the molecule is CCn1c(SCC(=O)Nc2cc(F)ccc2C)nnc1[C@@H](NC(=O)c1cccc(C)c1)C(C)C. The molecular formula is C25H30FN5O2S. The summed E-state index contributed by atoms with van der Waals surface area (Å²) in [7, 11) is 0. The third kappa shape index (κ3) is 6.22. The number of halogens is 1. The molecule has 0 aliphatic heterocycles. The first-order valence-corrected chi connectivity index (χ1v) is 12.2. The zero-order valence-electron chi connectivity index (χ0n) is 20.1. The molecule has 0 spiro atoms. The van der Waals surface area contributed by atoms with Crippen LogP contribution in [0.4, 0.5) is 10.1 Å². The van der Waals surface area contributed by atoms with Crippen molar-refractivity contribution in [1.82, 2.24) is 20.1 Å². The Hall–Kier alpha value is -3.20. The van der Waals surface area contributed by atoms with E-state index in [-0.39, 0.29) is 29.5 Å². The second-order valence-electron chi connectivity index (χ2n) is 8.45. The number of carbonyl (C=O) groups excluding carboxylic acids is 2. The maximum atomic E-state index is 13.5. The minimum atomic E-state index is -0.406. The molecule has 34 heavy (non-hydrogen) atoms. The van der Waals surface area contributed by atoms with Gasteiger partial charge in [0.2, 0.25) is 5.91 Å². The van der Waals surface area contributed by atoms with Crippen molar-refractivity contribution in [1.29, 1.82) is 0 Å². The van der Waals surface area contributed by atoms with Gasteiger partial charge in [0.15, 0.2) is 11.0 Å². The standard InChI is InChI=1S/C25H30FN5O2S/c1-6-31-23(22(15(2)3)28-24(33)18-9-7-8-16(4)12-18)29-30-25(31)34-14-21(32)27-20-13-19(26)11-10-17(20)5/h7-13,15,22H,6,14H2,1-5H3,(H,27,32)(H,28,33)/t22-/m0/s1. The summed E-state index contributed by atoms with van der Waals surface area (Å²) in [6.45, 7) is 10.3. The lowest BCUT2D eigenvalue weighted by molar-refractivity contribution is -0.113. The van der Waals surface area contributed by atoms with Crippen LogP contribution in [0.3, 0.4) is 0 Å². The van der Waals surface area contributed by atoms with Gasteiger partial charge in [0.25, 0.3) is 5.91 Å². The molecule has 1 heterocycles. The van der Waals surface area contributed by atoms with Crippen molar-refractivity contribution >= 4 is 29.3 Å². The van der Waals surface area contributed by atoms with Gasteiger partial charge in [-0.1, -0.05) is 49.4 Å². The van der Waals surface area contributed by atoms with E-state index in [0.29, 0.717) is 28.8 Å². The maximum absolute atomic E-state index is 13.5. The molecule has 3 aromatic rings. The van der Waals surface area contributed by atoms with Crippen molar-refractivity contribution in [3.63, 3.8) is 0 Å². The molecule has 180 valence electrons. The monoisotopic (exact) mass is 483 g/mol. The van der Waals surface area contributed by atoms with Crippen molar-refractivity contribution in [2.45, 2.75) is 52.4 Å². The first-order valence-electron chi connectivity index (χ1n) is 11.2. The first-order chi connectivity index (χ1) is 16.2. The number of carbonyl (C=O) groups is 2. The highest BCUT2D eigenvalue weighted by molar-refractivity contribution is 7.99. The Morgan fingerprint density at radius 2 is 1.88 bits per heavy atom. The van der Waals surface area contributed by atoms with Gasteiger partial charge < -0.3 is 15.2 Å². The molecule has 0 unspecified atom stereocenters. The third-order valence-corrected chi connectivity index (χ3v) is 6.35. The minimum Gasteiger partial charge on any atom is -0.342 e. The number of thioether (sulfide) groups is 1. The number of rotatable bonds is 9. The molecular weight excluding hydrogens is 453 g/mol. The first kappa shape index (κ1) is 25.4. The van der Waals surface area contributed by atoms with E-state index in [9.17, 15) is 14.0 Å². The van der Waals surface area contributed by atoms with E-state index >= 15 is 0 Å². The molecule has 0 saturated carbocycles. The maximum Gasteiger partial charge on any atom is 0.251 e. The topological polar surface area (TPSA) is 88.9 Å². The average molecular weight is 484 g/mol. The van der Waals surface area contributed by atoms with Crippen LogP contribution in [-0.2, 0) is 11.3 Å². The second-order valence-corrected chi connectivity index (χ2v) is 9.39. The lowest BCUT2D eigenvalue weighted by Gasteiger charge is -2.22. The molecule has 0 aliphatic carbocycles. The number of amides is 2. The number of aryl methyl sites for hydroxylation is 2. The molecule has 0 saturated heterocycles. The van der Waals surface area contributed by atoms with Crippen LogP contribution in [0.25, 0.3) is 0 Å². The molecule has 2 N–H and O–H groups in total. The molecule has 3 rings (SSSR count). The van der Waals surface area contributed by atoms with E-state index in [0.717, 1.165) is 11.1 Å². The Labute approximate surface area is 203 Å². The van der Waals surface area contributed by atoms with Gasteiger partial charge in [0, 0.05) is 17.8 Å². The van der Waals surface area contributed by atoms with Gasteiger partial charge in [-0.3, -0.25) is 9.59 Å². The summed E-state index contributed by atoms with van der Waals surface area (Å²) in [5.74, 6) is -0.0407. The molecule has 0 fully saturated rings. The normalized spacial score (nSPS) is 12.0. The fraction of sp³-hybridized carbons (Fsp3) is 0.360. The largest absolute Gasteiger partial charge is 0.342 e. The zero-order valence-corrected chi connectivity index (χ0v) is 20.9. The highest BCUT2D eigenvalue weighted by atomic mass is 32.2. The van der Waals surface area contributed by atoms with Gasteiger partial charge in [-0.25, -0.2) is 4.39 Å². The summed E-state index contributed by atoms with van der Waals surface area (Å²) in [6.07, 6.45) is 0. The number of aromatic nitrogens is 3. The summed E-state index contributed by atoms with van der Waals surface area (Å²) in [6, 6.07) is 11.4. The van der Waals surface area contributed by atoms with Crippen molar-refractivity contribution in [2.75, 3.05) is 11.1 Å². The second kappa shape index (κ2) is 11.3. The van der Waals surface area contributed by atoms with Crippen LogP contribution in [0.5, 0.6) is 0 Å². The van der Waals surface area contributed by atoms with Gasteiger partial charge in [-0.15, -0.1) is 10.2 Å². The Bertz CT molecular complexity index is 1180. The predicted octanol–water partition coefficient (Wildman–Crippen LogP) is 4.91. The lowest BCUT2D eigenvalue weighted by Crippen LogP contribution is -2.33. The van der Waals surface area contributed by atoms with Crippen molar-refractivity contribution in [3.05, 3.63) is 70.8 Å². The van der Waals surface area contributed by atoms with E-state index in [1.165, 1.54) is 23.9 Å². The third-order valence-electron chi connectivity index (χ3n) is 5.38. The summed E-state index contributed by atoms with van der Waals surface area (Å²) in [4.78, 5) is 25.3. The van der Waals surface area contributed by atoms with Crippen LogP contribution in [0, 0.1) is 25.6 Å². The van der Waals surface area contributed by atoms with Gasteiger partial charge in [-0.05, 0) is 56.5 Å². The fourth-order valence-electron chi connectivity index (χ4n) is 3.52. The molecule has 0 radical (unpaired) electrons. The molecule has 0 bridgehead atoms. The number of nitrogens with one attached hydrogen (secondary N) is 2. The highest BCUT2D eigenvalue weighted by Gasteiger charge is 2.26. The molecule has 2 aromatic carbocycles. The smallest absolute Gasteiger partial charge is 0.251 e. The molecule has 0 aliphatic rings. The van der Waals surface area contributed by atoms with Crippen LogP contribution in [0.15, 0.2) is 47.6 Å². The van der Waals surface area contributed by atoms with Gasteiger partial charge in [0.05, 0.1) is 11.8 Å². The van der Waals surface area contributed by atoms with Gasteiger partial charge >= 0.3 is 0 Å². The fourth-order valence-corrected chi connectivity index (χ4v) is 4.33. The quantitative estimate of drug-likeness (QED) is 0.422. The van der Waals surface area contributed by atoms with Crippen LogP contribution < -0.4 is 10.6 Å². The van der Waals surface area contributed by atoms with Crippen LogP contribution in [0.1, 0.15) is 54.1 Å². The van der Waals surface area contributed by atoms with E-state index in [1.54, 1.807) is 19.1 Å². The Kier molecular flexibility index (Phi) is 8.44. The molecule has 7 nitrogen and oxygen atoms in total. The van der Waals surface area contributed by atoms with Crippen LogP contribution >= 0.6 is 11.8 Å². The van der Waals surface area contributed by atoms with Crippen molar-refractivity contribution < 1.29 is 14.0 Å². The number of anilines is 1. The Balaban J connectivity index is 1.72. The highest BCUT2D eigenvalue weighted by Crippen LogP contribution is 2.26. The van der Waals surface area contributed by atoms with Crippen LogP contribution in [0.2, 0.25) is 0 Å². The Morgan fingerprint density at radius 1 is 1.12 bits per heavy atom. The van der Waals surface area contributed by atoms with Crippen molar-refractivity contribution in [2.24, 2.45) is 5.92 Å².